The fourth-order valence-corrected chi connectivity index (χ4v) is 3.01. The van der Waals surface area contributed by atoms with Gasteiger partial charge in [-0.25, -0.2) is 0 Å². The number of rotatable bonds is 4. The number of hydrogen-bond acceptors (Lipinski definition) is 3. The summed E-state index contributed by atoms with van der Waals surface area (Å²) in [5, 5.41) is 0. The first-order valence-electron chi connectivity index (χ1n) is 7.11. The van der Waals surface area contributed by atoms with Gasteiger partial charge in [0.15, 0.2) is 0 Å². The van der Waals surface area contributed by atoms with E-state index in [1.807, 2.05) is 0 Å². The number of fused-ring (bicyclic) bond motifs is 1. The highest BCUT2D eigenvalue weighted by Gasteiger charge is 2.20. The molecule has 0 spiro atoms. The van der Waals surface area contributed by atoms with Crippen LogP contribution in [-0.4, -0.2) is 19.3 Å². The first-order valence-corrected chi connectivity index (χ1v) is 7.11. The summed E-state index contributed by atoms with van der Waals surface area (Å²) in [5.41, 5.74) is 9.80. The van der Waals surface area contributed by atoms with Crippen LogP contribution in [0.1, 0.15) is 42.9 Å². The number of ether oxygens (including phenoxy) is 1. The zero-order valence-corrected chi connectivity index (χ0v) is 10.8. The van der Waals surface area contributed by atoms with Crippen LogP contribution in [0.3, 0.4) is 0 Å². The van der Waals surface area contributed by atoms with Gasteiger partial charge in [-0.1, -0.05) is 24.3 Å². The Hall–Kier alpha value is -0.900. The number of hydrogen-bond donors (Lipinski definition) is 2. The molecule has 1 aliphatic heterocycles. The van der Waals surface area contributed by atoms with Gasteiger partial charge in [-0.2, -0.15) is 0 Å². The van der Waals surface area contributed by atoms with E-state index in [9.17, 15) is 0 Å². The Bertz CT molecular complexity index is 388. The van der Waals surface area contributed by atoms with Crippen molar-refractivity contribution >= 4 is 0 Å². The second kappa shape index (κ2) is 5.83. The molecule has 2 unspecified atom stereocenters. The lowest BCUT2D eigenvalue weighted by Crippen LogP contribution is -2.41. The minimum absolute atomic E-state index is 0.399. The van der Waals surface area contributed by atoms with Crippen LogP contribution in [-0.2, 0) is 11.2 Å². The molecule has 1 aromatic carbocycles. The van der Waals surface area contributed by atoms with E-state index in [-0.39, 0.29) is 0 Å². The molecular formula is C15H22N2O. The summed E-state index contributed by atoms with van der Waals surface area (Å²) in [6.07, 6.45) is 6.51. The molecule has 0 aromatic heterocycles. The maximum atomic E-state index is 5.61. The fourth-order valence-electron chi connectivity index (χ4n) is 3.01. The molecule has 0 saturated carbocycles. The lowest BCUT2D eigenvalue weighted by Gasteiger charge is -2.27. The Kier molecular flexibility index (Phi) is 3.93. The zero-order chi connectivity index (χ0) is 12.2. The average Bonchev–Trinajstić information content (AvgIpc) is 2.92. The molecule has 3 nitrogen and oxygen atoms in total. The van der Waals surface area contributed by atoms with Gasteiger partial charge in [0.2, 0.25) is 0 Å². The standard InChI is InChI=1S/C15H22N2O/c1-2-8-14-12(5-1)6-3-9-15(14)17-16-11-13-7-4-10-18-13/h1-2,5,8,13,15-17H,3-4,6-7,9-11H2. The van der Waals surface area contributed by atoms with E-state index < -0.39 is 0 Å². The minimum Gasteiger partial charge on any atom is -0.377 e. The van der Waals surface area contributed by atoms with Gasteiger partial charge >= 0.3 is 0 Å². The third-order valence-electron chi connectivity index (χ3n) is 4.00. The molecule has 1 aromatic rings. The first kappa shape index (κ1) is 12.2. The van der Waals surface area contributed by atoms with Crippen LogP contribution in [0.5, 0.6) is 0 Å². The van der Waals surface area contributed by atoms with Crippen molar-refractivity contribution in [3.63, 3.8) is 0 Å². The number of benzene rings is 1. The minimum atomic E-state index is 0.399. The van der Waals surface area contributed by atoms with E-state index in [4.69, 9.17) is 4.74 Å². The zero-order valence-electron chi connectivity index (χ0n) is 10.8. The smallest absolute Gasteiger partial charge is 0.0714 e. The normalized spacial score (nSPS) is 27.1. The molecule has 1 saturated heterocycles. The average molecular weight is 246 g/mol. The quantitative estimate of drug-likeness (QED) is 0.800. The van der Waals surface area contributed by atoms with Gasteiger partial charge in [0, 0.05) is 19.2 Å². The fraction of sp³-hybridized carbons (Fsp3) is 0.600. The molecule has 0 radical (unpaired) electrons. The third-order valence-corrected chi connectivity index (χ3v) is 4.00. The molecule has 98 valence electrons. The predicted octanol–water partition coefficient (Wildman–Crippen LogP) is 2.34. The summed E-state index contributed by atoms with van der Waals surface area (Å²) in [5.74, 6) is 0. The number of hydrazine groups is 1. The maximum absolute atomic E-state index is 5.61. The maximum Gasteiger partial charge on any atom is 0.0714 e. The Morgan fingerprint density at radius 1 is 1.17 bits per heavy atom. The Morgan fingerprint density at radius 2 is 2.11 bits per heavy atom. The summed E-state index contributed by atoms with van der Waals surface area (Å²) in [7, 11) is 0. The van der Waals surface area contributed by atoms with E-state index in [2.05, 4.69) is 35.1 Å². The van der Waals surface area contributed by atoms with E-state index in [0.29, 0.717) is 12.1 Å². The van der Waals surface area contributed by atoms with Crippen LogP contribution < -0.4 is 10.9 Å². The SMILES string of the molecule is c1ccc2c(c1)CCCC2NNCC1CCCO1. The highest BCUT2D eigenvalue weighted by Crippen LogP contribution is 2.28. The highest BCUT2D eigenvalue weighted by molar-refractivity contribution is 5.31. The van der Waals surface area contributed by atoms with Gasteiger partial charge in [-0.05, 0) is 43.2 Å². The second-order valence-electron chi connectivity index (χ2n) is 5.30. The van der Waals surface area contributed by atoms with E-state index in [1.54, 1.807) is 0 Å². The van der Waals surface area contributed by atoms with Gasteiger partial charge in [0.05, 0.1) is 6.10 Å². The number of nitrogens with one attached hydrogen (secondary N) is 2. The first-order chi connectivity index (χ1) is 8.93. The second-order valence-corrected chi connectivity index (χ2v) is 5.30. The molecular weight excluding hydrogens is 224 g/mol. The Labute approximate surface area is 109 Å². The van der Waals surface area contributed by atoms with Gasteiger partial charge in [-0.15, -0.1) is 0 Å². The van der Waals surface area contributed by atoms with Crippen molar-refractivity contribution in [1.82, 2.24) is 10.9 Å². The lowest BCUT2D eigenvalue weighted by atomic mass is 9.88. The molecule has 3 rings (SSSR count). The van der Waals surface area contributed by atoms with Crippen LogP contribution in [0.15, 0.2) is 24.3 Å². The van der Waals surface area contributed by atoms with Gasteiger partial charge in [-0.3, -0.25) is 10.9 Å². The monoisotopic (exact) mass is 246 g/mol. The molecule has 18 heavy (non-hydrogen) atoms. The van der Waals surface area contributed by atoms with Crippen molar-refractivity contribution in [1.29, 1.82) is 0 Å². The van der Waals surface area contributed by atoms with Crippen LogP contribution in [0, 0.1) is 0 Å². The third kappa shape index (κ3) is 2.74. The highest BCUT2D eigenvalue weighted by atomic mass is 16.5. The van der Waals surface area contributed by atoms with Gasteiger partial charge in [0.25, 0.3) is 0 Å². The van der Waals surface area contributed by atoms with Crippen molar-refractivity contribution in [2.45, 2.75) is 44.2 Å². The summed E-state index contributed by atoms with van der Waals surface area (Å²) in [6, 6.07) is 9.24. The van der Waals surface area contributed by atoms with E-state index in [1.165, 1.54) is 43.2 Å². The predicted molar refractivity (Wildman–Crippen MR) is 72.2 cm³/mol. The molecule has 1 heterocycles. The molecule has 0 bridgehead atoms. The summed E-state index contributed by atoms with van der Waals surface area (Å²) in [6.45, 7) is 1.84. The molecule has 1 fully saturated rings. The summed E-state index contributed by atoms with van der Waals surface area (Å²) in [4.78, 5) is 0. The van der Waals surface area contributed by atoms with Crippen molar-refractivity contribution in [2.24, 2.45) is 0 Å². The van der Waals surface area contributed by atoms with Gasteiger partial charge in [0.1, 0.15) is 0 Å². The van der Waals surface area contributed by atoms with E-state index in [0.717, 1.165) is 13.2 Å². The largest absolute Gasteiger partial charge is 0.377 e. The summed E-state index contributed by atoms with van der Waals surface area (Å²) < 4.78 is 5.61. The molecule has 1 aliphatic carbocycles. The number of aryl methyl sites for hydroxylation is 1. The Balaban J connectivity index is 1.54. The van der Waals surface area contributed by atoms with Crippen LogP contribution in [0.4, 0.5) is 0 Å². The van der Waals surface area contributed by atoms with Crippen LogP contribution in [0.2, 0.25) is 0 Å². The van der Waals surface area contributed by atoms with Gasteiger partial charge < -0.3 is 4.74 Å². The van der Waals surface area contributed by atoms with Crippen LogP contribution in [0.25, 0.3) is 0 Å². The van der Waals surface area contributed by atoms with Crippen molar-refractivity contribution in [2.75, 3.05) is 13.2 Å². The topological polar surface area (TPSA) is 33.3 Å². The van der Waals surface area contributed by atoms with Crippen molar-refractivity contribution < 1.29 is 4.74 Å². The molecule has 2 atom stereocenters. The van der Waals surface area contributed by atoms with Crippen molar-refractivity contribution in [3.8, 4) is 0 Å². The molecule has 3 heteroatoms. The molecule has 0 amide bonds. The van der Waals surface area contributed by atoms with Crippen molar-refractivity contribution in [3.05, 3.63) is 35.4 Å². The summed E-state index contributed by atoms with van der Waals surface area (Å²) >= 11 is 0. The van der Waals surface area contributed by atoms with Crippen LogP contribution >= 0.6 is 0 Å². The lowest BCUT2D eigenvalue weighted by molar-refractivity contribution is 0.105. The molecule has 2 N–H and O–H groups in total. The Morgan fingerprint density at radius 3 is 3.00 bits per heavy atom. The molecule has 2 aliphatic rings. The van der Waals surface area contributed by atoms with E-state index >= 15 is 0 Å².